The molecule has 0 aliphatic carbocycles. The maximum Gasteiger partial charge on any atom is 0.254 e. The number of piperidine rings is 1. The molecule has 0 radical (unpaired) electrons. The first-order valence-electron chi connectivity index (χ1n) is 6.60. The van der Waals surface area contributed by atoms with Gasteiger partial charge >= 0.3 is 0 Å². The van der Waals surface area contributed by atoms with Gasteiger partial charge < -0.3 is 10.0 Å². The fourth-order valence-electron chi connectivity index (χ4n) is 2.60. The highest BCUT2D eigenvalue weighted by Gasteiger charge is 2.40. The topological polar surface area (TPSA) is 40.5 Å². The first-order chi connectivity index (χ1) is 8.84. The smallest absolute Gasteiger partial charge is 0.254 e. The van der Waals surface area contributed by atoms with E-state index in [1.165, 1.54) is 0 Å². The molecular formula is C15H20BrNO2. The van der Waals surface area contributed by atoms with E-state index in [0.29, 0.717) is 12.1 Å². The number of hydrogen-bond acceptors (Lipinski definition) is 2. The van der Waals surface area contributed by atoms with Crippen LogP contribution >= 0.6 is 15.9 Å². The summed E-state index contributed by atoms with van der Waals surface area (Å²) >= 11 is 3.41. The molecule has 0 spiro atoms. The number of likely N-dealkylation sites (tertiary alicyclic amines) is 1. The summed E-state index contributed by atoms with van der Waals surface area (Å²) in [4.78, 5) is 14.5. The van der Waals surface area contributed by atoms with Gasteiger partial charge in [-0.2, -0.15) is 0 Å². The molecule has 1 unspecified atom stereocenters. The zero-order chi connectivity index (χ0) is 14.2. The van der Waals surface area contributed by atoms with E-state index in [4.69, 9.17) is 0 Å². The van der Waals surface area contributed by atoms with Gasteiger partial charge in [-0.25, -0.2) is 0 Å². The first kappa shape index (κ1) is 14.5. The predicted molar refractivity (Wildman–Crippen MR) is 79.2 cm³/mol. The number of halogens is 1. The van der Waals surface area contributed by atoms with Crippen molar-refractivity contribution in [2.75, 3.05) is 6.54 Å². The number of aliphatic hydroxyl groups excluding tert-OH is 1. The van der Waals surface area contributed by atoms with E-state index in [1.54, 1.807) is 4.90 Å². The molecule has 104 valence electrons. The lowest BCUT2D eigenvalue weighted by atomic mass is 9.86. The van der Waals surface area contributed by atoms with Gasteiger partial charge in [-0.1, -0.05) is 22.0 Å². The van der Waals surface area contributed by atoms with Gasteiger partial charge in [0.1, 0.15) is 0 Å². The van der Waals surface area contributed by atoms with Crippen LogP contribution in [0.4, 0.5) is 0 Å². The molecule has 1 aromatic rings. The summed E-state index contributed by atoms with van der Waals surface area (Å²) in [7, 11) is 0. The molecule has 1 heterocycles. The summed E-state index contributed by atoms with van der Waals surface area (Å²) < 4.78 is 0.900. The lowest BCUT2D eigenvalue weighted by Crippen LogP contribution is -2.58. The summed E-state index contributed by atoms with van der Waals surface area (Å²) in [5.74, 6) is 0.00236. The van der Waals surface area contributed by atoms with Crippen LogP contribution in [0.1, 0.15) is 42.6 Å². The van der Waals surface area contributed by atoms with E-state index in [-0.39, 0.29) is 5.91 Å². The fourth-order valence-corrected chi connectivity index (χ4v) is 2.96. The normalized spacial score (nSPS) is 22.4. The molecule has 4 heteroatoms. The van der Waals surface area contributed by atoms with Crippen molar-refractivity contribution in [3.05, 3.63) is 33.8 Å². The van der Waals surface area contributed by atoms with E-state index < -0.39 is 11.6 Å². The zero-order valence-corrected chi connectivity index (χ0v) is 13.2. The predicted octanol–water partition coefficient (Wildman–Crippen LogP) is 3.13. The summed E-state index contributed by atoms with van der Waals surface area (Å²) in [5.41, 5.74) is 1.16. The minimum absolute atomic E-state index is 0.00236. The van der Waals surface area contributed by atoms with Crippen LogP contribution in [0, 0.1) is 6.92 Å². The number of aryl methyl sites for hydroxylation is 1. The molecule has 1 aliphatic heterocycles. The van der Waals surface area contributed by atoms with Crippen LogP contribution in [0.5, 0.6) is 0 Å². The Morgan fingerprint density at radius 1 is 1.47 bits per heavy atom. The number of rotatable bonds is 1. The SMILES string of the molecule is Cc1ccc(Br)cc1C(=O)N1CCCC(O)C1(C)C. The van der Waals surface area contributed by atoms with E-state index in [9.17, 15) is 9.90 Å². The van der Waals surface area contributed by atoms with Crippen molar-refractivity contribution in [1.82, 2.24) is 4.90 Å². The van der Waals surface area contributed by atoms with Gasteiger partial charge in [0.2, 0.25) is 0 Å². The largest absolute Gasteiger partial charge is 0.391 e. The lowest BCUT2D eigenvalue weighted by Gasteiger charge is -2.46. The Labute approximate surface area is 122 Å². The minimum atomic E-state index is -0.510. The number of amides is 1. The molecule has 1 atom stereocenters. The number of aliphatic hydroxyl groups is 1. The summed E-state index contributed by atoms with van der Waals surface area (Å²) in [6.45, 7) is 6.51. The fraction of sp³-hybridized carbons (Fsp3) is 0.533. The first-order valence-corrected chi connectivity index (χ1v) is 7.39. The van der Waals surface area contributed by atoms with E-state index >= 15 is 0 Å². The van der Waals surface area contributed by atoms with Crippen molar-refractivity contribution in [3.63, 3.8) is 0 Å². The molecule has 1 N–H and O–H groups in total. The van der Waals surface area contributed by atoms with E-state index in [2.05, 4.69) is 15.9 Å². The van der Waals surface area contributed by atoms with E-state index in [0.717, 1.165) is 22.9 Å². The number of carbonyl (C=O) groups excluding carboxylic acids is 1. The van der Waals surface area contributed by atoms with Gasteiger partial charge in [0, 0.05) is 16.6 Å². The molecule has 0 aromatic heterocycles. The van der Waals surface area contributed by atoms with Gasteiger partial charge in [-0.3, -0.25) is 4.79 Å². The highest BCUT2D eigenvalue weighted by Crippen LogP contribution is 2.30. The Bertz CT molecular complexity index is 499. The molecule has 3 nitrogen and oxygen atoms in total. The maximum absolute atomic E-state index is 12.7. The van der Waals surface area contributed by atoms with Crippen LogP contribution in [0.25, 0.3) is 0 Å². The van der Waals surface area contributed by atoms with Crippen molar-refractivity contribution in [2.24, 2.45) is 0 Å². The summed E-state index contributed by atoms with van der Waals surface area (Å²) in [5, 5.41) is 10.1. The lowest BCUT2D eigenvalue weighted by molar-refractivity contribution is -0.0307. The highest BCUT2D eigenvalue weighted by atomic mass is 79.9. The molecule has 1 fully saturated rings. The van der Waals surface area contributed by atoms with Crippen molar-refractivity contribution < 1.29 is 9.90 Å². The Hall–Kier alpha value is -0.870. The van der Waals surface area contributed by atoms with Gasteiger partial charge in [0.05, 0.1) is 11.6 Å². The number of benzene rings is 1. The molecule has 1 aromatic carbocycles. The van der Waals surface area contributed by atoms with E-state index in [1.807, 2.05) is 39.0 Å². The molecule has 2 rings (SSSR count). The van der Waals surface area contributed by atoms with Crippen molar-refractivity contribution in [1.29, 1.82) is 0 Å². The average molecular weight is 326 g/mol. The average Bonchev–Trinajstić information content (AvgIpc) is 2.35. The van der Waals surface area contributed by atoms with Crippen LogP contribution in [-0.4, -0.2) is 34.1 Å². The molecule has 1 amide bonds. The Balaban J connectivity index is 2.35. The van der Waals surface area contributed by atoms with Gasteiger partial charge in [-0.15, -0.1) is 0 Å². The van der Waals surface area contributed by atoms with Crippen LogP contribution < -0.4 is 0 Å². The monoisotopic (exact) mass is 325 g/mol. The number of carbonyl (C=O) groups is 1. The molecule has 1 aliphatic rings. The summed E-state index contributed by atoms with van der Waals surface area (Å²) in [6, 6.07) is 5.72. The Morgan fingerprint density at radius 2 is 2.16 bits per heavy atom. The van der Waals surface area contributed by atoms with Gasteiger partial charge in [0.15, 0.2) is 0 Å². The molecular weight excluding hydrogens is 306 g/mol. The quantitative estimate of drug-likeness (QED) is 0.861. The highest BCUT2D eigenvalue weighted by molar-refractivity contribution is 9.10. The maximum atomic E-state index is 12.7. The molecule has 19 heavy (non-hydrogen) atoms. The second-order valence-corrected chi connectivity index (χ2v) is 6.64. The molecule has 0 saturated carbocycles. The van der Waals surface area contributed by atoms with Gasteiger partial charge in [-0.05, 0) is 51.3 Å². The van der Waals surface area contributed by atoms with Crippen molar-refractivity contribution in [3.8, 4) is 0 Å². The Morgan fingerprint density at radius 3 is 2.84 bits per heavy atom. The van der Waals surface area contributed by atoms with Crippen LogP contribution in [0.15, 0.2) is 22.7 Å². The van der Waals surface area contributed by atoms with Gasteiger partial charge in [0.25, 0.3) is 5.91 Å². The zero-order valence-electron chi connectivity index (χ0n) is 11.6. The van der Waals surface area contributed by atoms with Crippen LogP contribution in [0.3, 0.4) is 0 Å². The van der Waals surface area contributed by atoms with Crippen LogP contribution in [0.2, 0.25) is 0 Å². The third kappa shape index (κ3) is 2.70. The van der Waals surface area contributed by atoms with Crippen LogP contribution in [-0.2, 0) is 0 Å². The third-order valence-electron chi connectivity index (χ3n) is 4.05. The molecule has 1 saturated heterocycles. The standard InChI is InChI=1S/C15H20BrNO2/c1-10-6-7-11(16)9-12(10)14(19)17-8-4-5-13(18)15(17,2)3/h6-7,9,13,18H,4-5,8H2,1-3H3. The van der Waals surface area contributed by atoms with Crippen molar-refractivity contribution >= 4 is 21.8 Å². The second kappa shape index (κ2) is 5.25. The number of hydrogen-bond donors (Lipinski definition) is 1. The number of nitrogens with zero attached hydrogens (tertiary/aromatic N) is 1. The molecule has 0 bridgehead atoms. The van der Waals surface area contributed by atoms with Crippen molar-refractivity contribution in [2.45, 2.75) is 45.3 Å². The third-order valence-corrected chi connectivity index (χ3v) is 4.54. The Kier molecular flexibility index (Phi) is 4.02. The second-order valence-electron chi connectivity index (χ2n) is 5.73. The minimum Gasteiger partial charge on any atom is -0.391 e. The summed E-state index contributed by atoms with van der Waals surface area (Å²) in [6.07, 6.45) is 1.15.